The molecule has 10 rings (SSSR count). The standard InChI is InChI=1S/C58H41N/c1-4-18-42(19-5-1)49-39-50(43-20-6-2-7-21-43)41-51(40-49)44-34-36-52(37-35-44)59(57-32-14-12-29-55(57)46-22-8-3-9-23-46)58-33-15-13-30-56(58)48-27-16-26-47(38-48)54-31-17-25-45-24-10-11-28-53(45)54/h1-41H. The van der Waals surface area contributed by atoms with Crippen molar-refractivity contribution in [1.82, 2.24) is 0 Å². The molecule has 1 heteroatoms. The van der Waals surface area contributed by atoms with Crippen molar-refractivity contribution >= 4 is 27.8 Å². The largest absolute Gasteiger partial charge is 0.309 e. The van der Waals surface area contributed by atoms with Crippen molar-refractivity contribution in [2.45, 2.75) is 0 Å². The molecule has 0 radical (unpaired) electrons. The third-order valence-corrected chi connectivity index (χ3v) is 11.3. The van der Waals surface area contributed by atoms with Gasteiger partial charge in [-0.25, -0.2) is 0 Å². The van der Waals surface area contributed by atoms with Gasteiger partial charge in [-0.3, -0.25) is 0 Å². The molecule has 59 heavy (non-hydrogen) atoms. The van der Waals surface area contributed by atoms with Gasteiger partial charge in [0, 0.05) is 16.8 Å². The Bertz CT molecular complexity index is 2960. The van der Waals surface area contributed by atoms with Gasteiger partial charge in [-0.1, -0.05) is 200 Å². The van der Waals surface area contributed by atoms with E-state index in [9.17, 15) is 0 Å². The van der Waals surface area contributed by atoms with Crippen LogP contribution in [-0.2, 0) is 0 Å². The molecule has 0 fully saturated rings. The molecule has 10 aromatic rings. The van der Waals surface area contributed by atoms with E-state index < -0.39 is 0 Å². The zero-order valence-electron chi connectivity index (χ0n) is 32.6. The second-order valence-electron chi connectivity index (χ2n) is 14.9. The van der Waals surface area contributed by atoms with Crippen LogP contribution in [0.4, 0.5) is 17.1 Å². The summed E-state index contributed by atoms with van der Waals surface area (Å²) in [4.78, 5) is 2.43. The van der Waals surface area contributed by atoms with Crippen molar-refractivity contribution in [2.24, 2.45) is 0 Å². The van der Waals surface area contributed by atoms with Gasteiger partial charge in [0.1, 0.15) is 0 Å². The summed E-state index contributed by atoms with van der Waals surface area (Å²) in [5.74, 6) is 0. The molecule has 0 spiro atoms. The minimum Gasteiger partial charge on any atom is -0.309 e. The third-order valence-electron chi connectivity index (χ3n) is 11.3. The van der Waals surface area contributed by atoms with Crippen LogP contribution < -0.4 is 4.90 Å². The molecular formula is C58H41N. The average Bonchev–Trinajstić information content (AvgIpc) is 3.33. The second-order valence-corrected chi connectivity index (χ2v) is 14.9. The van der Waals surface area contributed by atoms with E-state index >= 15 is 0 Å². The topological polar surface area (TPSA) is 3.24 Å². The Hall–Kier alpha value is -7.74. The normalized spacial score (nSPS) is 11.1. The molecule has 0 aliphatic carbocycles. The lowest BCUT2D eigenvalue weighted by Crippen LogP contribution is -2.12. The van der Waals surface area contributed by atoms with Crippen LogP contribution in [0.15, 0.2) is 249 Å². The number of rotatable bonds is 9. The monoisotopic (exact) mass is 751 g/mol. The van der Waals surface area contributed by atoms with Gasteiger partial charge in [0.15, 0.2) is 0 Å². The van der Waals surface area contributed by atoms with Gasteiger partial charge >= 0.3 is 0 Å². The van der Waals surface area contributed by atoms with Crippen LogP contribution in [0.1, 0.15) is 0 Å². The van der Waals surface area contributed by atoms with Crippen LogP contribution in [0.3, 0.4) is 0 Å². The Morgan fingerprint density at radius 3 is 1.19 bits per heavy atom. The van der Waals surface area contributed by atoms with E-state index in [0.717, 1.165) is 33.8 Å². The molecule has 0 saturated carbocycles. The molecule has 0 unspecified atom stereocenters. The molecule has 0 aromatic heterocycles. The summed E-state index contributed by atoms with van der Waals surface area (Å²) in [7, 11) is 0. The first kappa shape index (κ1) is 35.7. The highest BCUT2D eigenvalue weighted by Crippen LogP contribution is 2.46. The van der Waals surface area contributed by atoms with Crippen molar-refractivity contribution < 1.29 is 0 Å². The summed E-state index contributed by atoms with van der Waals surface area (Å²) in [5.41, 5.74) is 17.5. The third kappa shape index (κ3) is 7.23. The maximum Gasteiger partial charge on any atom is 0.0540 e. The molecule has 0 bridgehead atoms. The predicted octanol–water partition coefficient (Wildman–Crippen LogP) is 16.3. The number of para-hydroxylation sites is 2. The molecule has 278 valence electrons. The van der Waals surface area contributed by atoms with Crippen molar-refractivity contribution in [3.05, 3.63) is 249 Å². The number of hydrogen-bond donors (Lipinski definition) is 0. The molecule has 0 heterocycles. The molecule has 0 amide bonds. The van der Waals surface area contributed by atoms with Gasteiger partial charge in [0.05, 0.1) is 11.4 Å². The molecule has 0 atom stereocenters. The highest BCUT2D eigenvalue weighted by atomic mass is 15.1. The van der Waals surface area contributed by atoms with Gasteiger partial charge in [-0.05, 0) is 115 Å². The molecule has 0 aliphatic rings. The summed E-state index contributed by atoms with van der Waals surface area (Å²) in [6.45, 7) is 0. The summed E-state index contributed by atoms with van der Waals surface area (Å²) in [6.07, 6.45) is 0. The number of hydrogen-bond acceptors (Lipinski definition) is 1. The number of benzene rings is 10. The van der Waals surface area contributed by atoms with E-state index in [1.807, 2.05) is 0 Å². The molecule has 0 saturated heterocycles. The predicted molar refractivity (Wildman–Crippen MR) is 251 cm³/mol. The minimum absolute atomic E-state index is 1.08. The smallest absolute Gasteiger partial charge is 0.0540 e. The van der Waals surface area contributed by atoms with Crippen LogP contribution in [0.25, 0.3) is 77.5 Å². The minimum atomic E-state index is 1.08. The Morgan fingerprint density at radius 2 is 0.593 bits per heavy atom. The molecule has 0 aliphatic heterocycles. The van der Waals surface area contributed by atoms with Gasteiger partial charge in [-0.2, -0.15) is 0 Å². The number of anilines is 3. The molecular weight excluding hydrogens is 711 g/mol. The lowest BCUT2D eigenvalue weighted by Gasteiger charge is -2.30. The van der Waals surface area contributed by atoms with E-state index in [1.54, 1.807) is 0 Å². The fraction of sp³-hybridized carbons (Fsp3) is 0. The van der Waals surface area contributed by atoms with E-state index in [-0.39, 0.29) is 0 Å². The maximum atomic E-state index is 2.43. The van der Waals surface area contributed by atoms with E-state index in [0.29, 0.717) is 0 Å². The summed E-state index contributed by atoms with van der Waals surface area (Å²) in [6, 6.07) is 89.9. The summed E-state index contributed by atoms with van der Waals surface area (Å²) < 4.78 is 0. The van der Waals surface area contributed by atoms with Crippen LogP contribution >= 0.6 is 0 Å². The van der Waals surface area contributed by atoms with Crippen LogP contribution in [0.5, 0.6) is 0 Å². The van der Waals surface area contributed by atoms with Crippen LogP contribution in [-0.4, -0.2) is 0 Å². The summed E-state index contributed by atoms with van der Waals surface area (Å²) in [5, 5.41) is 2.50. The quantitative estimate of drug-likeness (QED) is 0.142. The highest BCUT2D eigenvalue weighted by molar-refractivity contribution is 5.99. The number of fused-ring (bicyclic) bond motifs is 1. The van der Waals surface area contributed by atoms with Crippen LogP contribution in [0.2, 0.25) is 0 Å². The number of nitrogens with zero attached hydrogens (tertiary/aromatic N) is 1. The van der Waals surface area contributed by atoms with E-state index in [2.05, 4.69) is 254 Å². The second kappa shape index (κ2) is 16.0. The van der Waals surface area contributed by atoms with E-state index in [4.69, 9.17) is 0 Å². The molecule has 0 N–H and O–H groups in total. The lowest BCUT2D eigenvalue weighted by molar-refractivity contribution is 1.28. The SMILES string of the molecule is c1ccc(-c2cc(-c3ccccc3)cc(-c3ccc(N(c4ccccc4-c4ccccc4)c4ccccc4-c4cccc(-c5cccc6ccccc56)c4)cc3)c2)cc1. The zero-order chi connectivity index (χ0) is 39.4. The van der Waals surface area contributed by atoms with Crippen molar-refractivity contribution in [3.63, 3.8) is 0 Å². The Morgan fingerprint density at radius 1 is 0.220 bits per heavy atom. The van der Waals surface area contributed by atoms with E-state index in [1.165, 1.54) is 60.8 Å². The van der Waals surface area contributed by atoms with Gasteiger partial charge in [0.2, 0.25) is 0 Å². The summed E-state index contributed by atoms with van der Waals surface area (Å²) >= 11 is 0. The van der Waals surface area contributed by atoms with Gasteiger partial charge < -0.3 is 4.90 Å². The molecule has 10 aromatic carbocycles. The van der Waals surface area contributed by atoms with Crippen LogP contribution in [0, 0.1) is 0 Å². The van der Waals surface area contributed by atoms with Gasteiger partial charge in [0.25, 0.3) is 0 Å². The fourth-order valence-electron chi connectivity index (χ4n) is 8.37. The van der Waals surface area contributed by atoms with Gasteiger partial charge in [-0.15, -0.1) is 0 Å². The Kier molecular flexibility index (Phi) is 9.68. The Labute approximate surface area is 346 Å². The Balaban J connectivity index is 1.12. The first-order valence-corrected chi connectivity index (χ1v) is 20.3. The van der Waals surface area contributed by atoms with Crippen molar-refractivity contribution in [2.75, 3.05) is 4.90 Å². The first-order chi connectivity index (χ1) is 29.3. The molecule has 1 nitrogen and oxygen atoms in total. The first-order valence-electron chi connectivity index (χ1n) is 20.3. The lowest BCUT2D eigenvalue weighted by atomic mass is 9.93. The average molecular weight is 752 g/mol. The maximum absolute atomic E-state index is 2.43. The van der Waals surface area contributed by atoms with Crippen molar-refractivity contribution in [3.8, 4) is 66.8 Å². The van der Waals surface area contributed by atoms with Crippen molar-refractivity contribution in [1.29, 1.82) is 0 Å². The zero-order valence-corrected chi connectivity index (χ0v) is 32.6. The fourth-order valence-corrected chi connectivity index (χ4v) is 8.37. The highest BCUT2D eigenvalue weighted by Gasteiger charge is 2.21.